The molecule has 9 heteroatoms. The molecule has 30 heavy (non-hydrogen) atoms. The zero-order valence-electron chi connectivity index (χ0n) is 15.9. The van der Waals surface area contributed by atoms with Gasteiger partial charge in [-0.2, -0.15) is 13.2 Å². The molecular formula is C21H21F3N3O2S-. The molecule has 0 heterocycles. The molecule has 1 unspecified atom stereocenters. The first kappa shape index (κ1) is 25.2. The van der Waals surface area contributed by atoms with Crippen molar-refractivity contribution in [3.05, 3.63) is 72.8 Å². The van der Waals surface area contributed by atoms with E-state index in [2.05, 4.69) is 77.9 Å². The van der Waals surface area contributed by atoms with E-state index in [4.69, 9.17) is 8.76 Å². The Morgan fingerprint density at radius 3 is 1.07 bits per heavy atom. The minimum Gasteiger partial charge on any atom is -0.760 e. The van der Waals surface area contributed by atoms with E-state index in [9.17, 15) is 13.2 Å². The Bertz CT molecular complexity index is 1090. The first-order valence-electron chi connectivity index (χ1n) is 8.20. The lowest BCUT2D eigenvalue weighted by atomic mass is 9.90. The first-order valence-corrected chi connectivity index (χ1v) is 9.34. The lowest BCUT2D eigenvalue weighted by molar-refractivity contribution is 0.00819. The highest BCUT2D eigenvalue weighted by atomic mass is 32.2. The van der Waals surface area contributed by atoms with E-state index in [0.29, 0.717) is 0 Å². The van der Waals surface area contributed by atoms with Crippen molar-refractivity contribution in [2.24, 2.45) is 5.14 Å². The third-order valence-electron chi connectivity index (χ3n) is 4.39. The number of alkyl halides is 3. The Kier molecular flexibility index (Phi) is 9.09. The van der Waals surface area contributed by atoms with E-state index >= 15 is 0 Å². The van der Waals surface area contributed by atoms with Gasteiger partial charge in [-0.1, -0.05) is 72.8 Å². The second kappa shape index (κ2) is 10.8. The summed E-state index contributed by atoms with van der Waals surface area (Å²) < 4.78 is 46.6. The number of hydrogen-bond donors (Lipinski definition) is 3. The van der Waals surface area contributed by atoms with E-state index in [0.717, 1.165) is 0 Å². The zero-order valence-corrected chi connectivity index (χ0v) is 16.7. The molecule has 5 aromatic carbocycles. The minimum absolute atomic E-state index is 0. The van der Waals surface area contributed by atoms with Crippen molar-refractivity contribution in [2.45, 2.75) is 6.68 Å². The van der Waals surface area contributed by atoms with Crippen LogP contribution < -0.4 is 17.4 Å². The summed E-state index contributed by atoms with van der Waals surface area (Å²) in [5.74, 6) is 0. The van der Waals surface area contributed by atoms with Crippen LogP contribution >= 0.6 is 0 Å². The van der Waals surface area contributed by atoms with Gasteiger partial charge in [0.05, 0.1) is 0 Å². The maximum atomic E-state index is 9.67. The van der Waals surface area contributed by atoms with Crippen LogP contribution in [0.2, 0.25) is 0 Å². The number of nitrogens with two attached hydrogens (primary N) is 1. The van der Waals surface area contributed by atoms with Gasteiger partial charge in [-0.15, -0.1) is 0 Å². The molecule has 0 spiro atoms. The molecule has 0 aromatic heterocycles. The SMILES string of the molecule is FC(F)F.N.N.NS(=O)[O-].c1cc2cccc3c4cccc5cccc(c(c1)c23)c54. The van der Waals surface area contributed by atoms with Crippen LogP contribution in [0.15, 0.2) is 72.8 Å². The van der Waals surface area contributed by atoms with E-state index in [1.807, 2.05) is 0 Å². The van der Waals surface area contributed by atoms with E-state index < -0.39 is 17.9 Å². The summed E-state index contributed by atoms with van der Waals surface area (Å²) >= 11 is -2.36. The fraction of sp³-hybridized carbons (Fsp3) is 0.0476. The third-order valence-corrected chi connectivity index (χ3v) is 4.39. The van der Waals surface area contributed by atoms with Crippen LogP contribution in [-0.2, 0) is 11.3 Å². The normalized spacial score (nSPS) is 11.3. The molecule has 5 aromatic rings. The Morgan fingerprint density at radius 1 is 0.667 bits per heavy atom. The molecule has 8 N–H and O–H groups in total. The van der Waals surface area contributed by atoms with Gasteiger partial charge in [0.25, 0.3) is 0 Å². The number of halogens is 3. The van der Waals surface area contributed by atoms with Crippen molar-refractivity contribution in [1.29, 1.82) is 0 Å². The first-order chi connectivity index (χ1) is 13.4. The second-order valence-electron chi connectivity index (χ2n) is 5.93. The van der Waals surface area contributed by atoms with Gasteiger partial charge in [0.1, 0.15) is 0 Å². The Morgan fingerprint density at radius 2 is 0.867 bits per heavy atom. The third kappa shape index (κ3) is 5.21. The van der Waals surface area contributed by atoms with Gasteiger partial charge in [-0.05, 0) is 43.1 Å². The van der Waals surface area contributed by atoms with Gasteiger partial charge in [-0.3, -0.25) is 9.35 Å². The van der Waals surface area contributed by atoms with Gasteiger partial charge in [0.15, 0.2) is 0 Å². The highest BCUT2D eigenvalue weighted by Gasteiger charge is 2.11. The lowest BCUT2D eigenvalue weighted by Gasteiger charge is -2.13. The molecule has 5 nitrogen and oxygen atoms in total. The van der Waals surface area contributed by atoms with E-state index in [1.54, 1.807) is 0 Å². The predicted octanol–water partition coefficient (Wildman–Crippen LogP) is 5.98. The molecule has 0 bridgehead atoms. The second-order valence-corrected chi connectivity index (χ2v) is 6.45. The highest BCUT2D eigenvalue weighted by molar-refractivity contribution is 7.76. The van der Waals surface area contributed by atoms with Crippen molar-refractivity contribution in [2.75, 3.05) is 0 Å². The molecular weight excluding hydrogens is 415 g/mol. The van der Waals surface area contributed by atoms with Crippen molar-refractivity contribution >= 4 is 54.4 Å². The summed E-state index contributed by atoms with van der Waals surface area (Å²) in [5, 5.41) is 14.9. The van der Waals surface area contributed by atoms with Crippen LogP contribution in [0, 0.1) is 0 Å². The van der Waals surface area contributed by atoms with Crippen molar-refractivity contribution in [3.63, 3.8) is 0 Å². The lowest BCUT2D eigenvalue weighted by Crippen LogP contribution is -1.97. The molecule has 0 aliphatic rings. The number of hydrogen-bond acceptors (Lipinski definition) is 4. The maximum absolute atomic E-state index is 9.67. The van der Waals surface area contributed by atoms with Crippen LogP contribution in [0.3, 0.4) is 0 Å². The molecule has 5 rings (SSSR count). The number of fused-ring (bicyclic) bond motifs is 2. The highest BCUT2D eigenvalue weighted by Crippen LogP contribution is 2.39. The van der Waals surface area contributed by atoms with Gasteiger partial charge >= 0.3 is 6.68 Å². The summed E-state index contributed by atoms with van der Waals surface area (Å²) in [6, 6.07) is 26.4. The predicted molar refractivity (Wildman–Crippen MR) is 118 cm³/mol. The van der Waals surface area contributed by atoms with Crippen LogP contribution in [0.25, 0.3) is 43.1 Å². The monoisotopic (exact) mass is 436 g/mol. The standard InChI is InChI=1S/C20H12.CHF3.H3NO2S.2H3N/c1-5-13-6-2-11-17-18-12-4-8-14-7-3-10-16(20(14)18)15(9-1)19(13)17;2-1(3)4;1-4(2)3;;/h1-12H;1H;1H2,(H,2,3);2*1H3/p-1. The molecule has 0 radical (unpaired) electrons. The molecule has 0 saturated carbocycles. The van der Waals surface area contributed by atoms with Crippen LogP contribution in [0.4, 0.5) is 13.2 Å². The molecule has 0 saturated heterocycles. The fourth-order valence-corrected chi connectivity index (χ4v) is 3.58. The number of rotatable bonds is 0. The molecule has 0 amide bonds. The summed E-state index contributed by atoms with van der Waals surface area (Å²) in [6.07, 6.45) is 0. The quantitative estimate of drug-likeness (QED) is 0.156. The van der Waals surface area contributed by atoms with Gasteiger partial charge in [-0.25, -0.2) is 0 Å². The summed E-state index contributed by atoms with van der Waals surface area (Å²) in [7, 11) is 0. The van der Waals surface area contributed by atoms with Gasteiger partial charge in [0.2, 0.25) is 0 Å². The van der Waals surface area contributed by atoms with E-state index in [-0.39, 0.29) is 12.3 Å². The number of benzene rings is 5. The fourth-order valence-electron chi connectivity index (χ4n) is 3.58. The maximum Gasteiger partial charge on any atom is 0.379 e. The minimum atomic E-state index is -3.67. The average Bonchev–Trinajstić information content (AvgIpc) is 2.65. The Labute approximate surface area is 173 Å². The summed E-state index contributed by atoms with van der Waals surface area (Å²) in [5.41, 5.74) is 0. The molecule has 0 fully saturated rings. The molecule has 0 aliphatic carbocycles. The molecule has 0 aliphatic heterocycles. The van der Waals surface area contributed by atoms with Crippen molar-refractivity contribution < 1.29 is 21.9 Å². The summed E-state index contributed by atoms with van der Waals surface area (Å²) in [4.78, 5) is 0. The summed E-state index contributed by atoms with van der Waals surface area (Å²) in [6.45, 7) is -3.67. The van der Waals surface area contributed by atoms with Crippen LogP contribution in [-0.4, -0.2) is 15.4 Å². The van der Waals surface area contributed by atoms with Crippen molar-refractivity contribution in [1.82, 2.24) is 12.3 Å². The smallest absolute Gasteiger partial charge is 0.379 e. The van der Waals surface area contributed by atoms with E-state index in [1.165, 1.54) is 43.1 Å². The molecule has 160 valence electrons. The van der Waals surface area contributed by atoms with Gasteiger partial charge < -0.3 is 16.9 Å². The van der Waals surface area contributed by atoms with Gasteiger partial charge in [0, 0.05) is 11.3 Å². The Balaban J connectivity index is 0.000000395. The average molecular weight is 436 g/mol. The largest absolute Gasteiger partial charge is 0.760 e. The van der Waals surface area contributed by atoms with Crippen molar-refractivity contribution in [3.8, 4) is 0 Å². The Hall–Kier alpha value is -2.82. The zero-order chi connectivity index (χ0) is 20.3. The molecule has 1 atom stereocenters. The van der Waals surface area contributed by atoms with Crippen LogP contribution in [0.5, 0.6) is 0 Å². The van der Waals surface area contributed by atoms with Crippen LogP contribution in [0.1, 0.15) is 0 Å². The topological polar surface area (TPSA) is 136 Å².